The van der Waals surface area contributed by atoms with Crippen LogP contribution in [-0.2, 0) is 37.0 Å². The Hall–Kier alpha value is -5.07. The molecule has 11 heteroatoms. The van der Waals surface area contributed by atoms with Gasteiger partial charge < -0.3 is 40.1 Å². The van der Waals surface area contributed by atoms with Crippen LogP contribution in [-0.4, -0.2) is 70.8 Å². The highest BCUT2D eigenvalue weighted by Crippen LogP contribution is 2.43. The fourth-order valence-corrected chi connectivity index (χ4v) is 8.14. The van der Waals surface area contributed by atoms with E-state index in [0.29, 0.717) is 26.2 Å². The molecule has 0 aromatic heterocycles. The van der Waals surface area contributed by atoms with Gasteiger partial charge in [-0.15, -0.1) is 0 Å². The van der Waals surface area contributed by atoms with E-state index in [1.807, 2.05) is 84.9 Å². The number of likely N-dealkylation sites (tertiary alicyclic amines) is 1. The lowest BCUT2D eigenvalue weighted by Gasteiger charge is -2.46. The first-order chi connectivity index (χ1) is 26.7. The maximum absolute atomic E-state index is 13.3. The van der Waals surface area contributed by atoms with E-state index in [9.17, 15) is 19.5 Å². The Labute approximate surface area is 322 Å². The van der Waals surface area contributed by atoms with Crippen molar-refractivity contribution in [1.82, 2.24) is 15.5 Å². The molecule has 4 atom stereocenters. The van der Waals surface area contributed by atoms with Crippen LogP contribution in [0, 0.1) is 5.92 Å². The molecule has 4 aromatic carbocycles. The van der Waals surface area contributed by atoms with Crippen LogP contribution in [0.3, 0.4) is 0 Å². The Morgan fingerprint density at radius 1 is 0.855 bits per heavy atom. The Kier molecular flexibility index (Phi) is 11.9. The van der Waals surface area contributed by atoms with Crippen molar-refractivity contribution in [3.05, 3.63) is 125 Å². The molecule has 1 spiro atoms. The second-order valence-corrected chi connectivity index (χ2v) is 14.9. The highest BCUT2D eigenvalue weighted by atomic mass is 16.7. The average Bonchev–Trinajstić information content (AvgIpc) is 3.53. The zero-order valence-corrected chi connectivity index (χ0v) is 31.2. The minimum Gasteiger partial charge on any atom is -0.481 e. The van der Waals surface area contributed by atoms with Gasteiger partial charge in [-0.2, -0.15) is 0 Å². The molecule has 0 radical (unpaired) electrons. The lowest BCUT2D eigenvalue weighted by atomic mass is 9.84. The molecule has 0 unspecified atom stereocenters. The van der Waals surface area contributed by atoms with Crippen LogP contribution in [0.15, 0.2) is 103 Å². The molecule has 3 fully saturated rings. The number of anilines is 1. The summed E-state index contributed by atoms with van der Waals surface area (Å²) in [6.07, 6.45) is 0.825. The molecule has 0 aliphatic carbocycles. The second kappa shape index (κ2) is 17.2. The zero-order chi connectivity index (χ0) is 38.4. The number of hydrogen-bond acceptors (Lipinski definition) is 8. The van der Waals surface area contributed by atoms with Gasteiger partial charge in [-0.05, 0) is 71.3 Å². The quantitative estimate of drug-likeness (QED) is 0.131. The Morgan fingerprint density at radius 2 is 1.58 bits per heavy atom. The van der Waals surface area contributed by atoms with Crippen LogP contribution >= 0.6 is 0 Å². The molecular formula is C44H50N4O7. The maximum atomic E-state index is 13.3. The molecule has 7 rings (SSSR count). The van der Waals surface area contributed by atoms with Gasteiger partial charge in [0, 0.05) is 56.2 Å². The van der Waals surface area contributed by atoms with Crippen molar-refractivity contribution in [2.45, 2.75) is 76.2 Å². The van der Waals surface area contributed by atoms with Crippen LogP contribution in [0.5, 0.6) is 0 Å². The molecule has 55 heavy (non-hydrogen) atoms. The molecule has 4 aromatic rings. The number of carboxylic acid groups (broad SMARTS) is 1. The molecule has 0 bridgehead atoms. The molecule has 288 valence electrons. The third-order valence-electron chi connectivity index (χ3n) is 11.4. The normalized spacial score (nSPS) is 22.4. The van der Waals surface area contributed by atoms with Gasteiger partial charge in [-0.1, -0.05) is 85.8 Å². The number of piperidine rings is 1. The van der Waals surface area contributed by atoms with Gasteiger partial charge in [0.2, 0.25) is 11.8 Å². The number of nitrogens with one attached hydrogen (secondary N) is 2. The van der Waals surface area contributed by atoms with E-state index < -0.39 is 17.8 Å². The van der Waals surface area contributed by atoms with E-state index in [4.69, 9.17) is 14.6 Å². The summed E-state index contributed by atoms with van der Waals surface area (Å²) in [7, 11) is 0. The average molecular weight is 747 g/mol. The standard InChI is InChI=1S/C44H50N4O7/c1-30-38(27-47-22-20-44(21-23-47)43(53)46-29-48(44)37-12-3-2-4-13-37)54-42(55-41(30)33-18-16-31(28-49)17-19-33)36-11-6-10-35(25-36)34-9-5-8-32(24-34)26-45-39(50)14-7-15-40(51)52/h2-6,8-13,16-19,24-25,30,38,41-42,49H,7,14-15,20-23,26-29H2,1H3,(H,45,50)(H,46,53)(H,51,52)/t30-,38+,41+,42+/m1/s1. The number of carbonyl (C=O) groups is 3. The topological polar surface area (TPSA) is 141 Å². The minimum atomic E-state index is -0.907. The number of hydrogen-bond donors (Lipinski definition) is 4. The summed E-state index contributed by atoms with van der Waals surface area (Å²) in [5.74, 6) is -0.967. The van der Waals surface area contributed by atoms with E-state index in [0.717, 1.165) is 65.0 Å². The highest BCUT2D eigenvalue weighted by Gasteiger charge is 2.51. The van der Waals surface area contributed by atoms with Crippen molar-refractivity contribution in [3.63, 3.8) is 0 Å². The van der Waals surface area contributed by atoms with Gasteiger partial charge >= 0.3 is 5.97 Å². The van der Waals surface area contributed by atoms with E-state index in [1.54, 1.807) is 0 Å². The lowest BCUT2D eigenvalue weighted by molar-refractivity contribution is -0.276. The van der Waals surface area contributed by atoms with E-state index in [1.165, 1.54) is 0 Å². The number of aliphatic hydroxyl groups is 1. The van der Waals surface area contributed by atoms with Crippen LogP contribution in [0.1, 0.15) is 73.7 Å². The lowest BCUT2D eigenvalue weighted by Crippen LogP contribution is -2.57. The number of aliphatic hydroxyl groups excluding tert-OH is 1. The Balaban J connectivity index is 1.07. The number of aliphatic carboxylic acids is 1. The summed E-state index contributed by atoms with van der Waals surface area (Å²) in [6.45, 7) is 5.22. The van der Waals surface area contributed by atoms with E-state index in [-0.39, 0.29) is 49.4 Å². The van der Waals surface area contributed by atoms with E-state index >= 15 is 0 Å². The third-order valence-corrected chi connectivity index (χ3v) is 11.4. The zero-order valence-electron chi connectivity index (χ0n) is 31.2. The first kappa shape index (κ1) is 38.2. The molecule has 3 heterocycles. The fraction of sp³-hybridized carbons (Fsp3) is 0.386. The van der Waals surface area contributed by atoms with E-state index in [2.05, 4.69) is 45.6 Å². The Bertz CT molecular complexity index is 1950. The van der Waals surface area contributed by atoms with Crippen LogP contribution < -0.4 is 15.5 Å². The summed E-state index contributed by atoms with van der Waals surface area (Å²) < 4.78 is 13.7. The first-order valence-corrected chi connectivity index (χ1v) is 19.2. The molecule has 2 amide bonds. The molecule has 4 N–H and O–H groups in total. The number of ether oxygens (including phenoxy) is 2. The van der Waals surface area contributed by atoms with Crippen molar-refractivity contribution in [2.75, 3.05) is 31.2 Å². The van der Waals surface area contributed by atoms with Crippen molar-refractivity contribution in [1.29, 1.82) is 0 Å². The number of para-hydroxylation sites is 1. The molecule has 3 aliphatic rings. The predicted octanol–water partition coefficient (Wildman–Crippen LogP) is 5.94. The van der Waals surface area contributed by atoms with Gasteiger partial charge in [0.1, 0.15) is 5.54 Å². The highest BCUT2D eigenvalue weighted by molar-refractivity contribution is 5.93. The van der Waals surface area contributed by atoms with Crippen LogP contribution in [0.25, 0.3) is 11.1 Å². The van der Waals surface area contributed by atoms with Gasteiger partial charge in [-0.25, -0.2) is 0 Å². The van der Waals surface area contributed by atoms with Crippen molar-refractivity contribution in [3.8, 4) is 11.1 Å². The minimum absolute atomic E-state index is 0.0157. The number of amides is 2. The number of carbonyl (C=O) groups excluding carboxylic acids is 2. The SMILES string of the molecule is C[C@@H]1[C@H](CN2CCC3(CC2)C(=O)NCN3c2ccccc2)O[C@H](c2cccc(-c3cccc(CNC(=O)CCCC(=O)O)c3)c2)O[C@@H]1c1ccc(CO)cc1. The summed E-state index contributed by atoms with van der Waals surface area (Å²) in [6, 6.07) is 34.2. The fourth-order valence-electron chi connectivity index (χ4n) is 8.14. The number of carboxylic acids is 1. The van der Waals surface area contributed by atoms with Crippen molar-refractivity contribution >= 4 is 23.5 Å². The number of nitrogens with zero attached hydrogens (tertiary/aromatic N) is 2. The summed E-state index contributed by atoms with van der Waals surface area (Å²) in [4.78, 5) is 41.1. The maximum Gasteiger partial charge on any atom is 0.303 e. The third kappa shape index (κ3) is 8.76. The van der Waals surface area contributed by atoms with Gasteiger partial charge in [-0.3, -0.25) is 14.4 Å². The largest absolute Gasteiger partial charge is 0.481 e. The van der Waals surface area contributed by atoms with Crippen LogP contribution in [0.4, 0.5) is 5.69 Å². The first-order valence-electron chi connectivity index (χ1n) is 19.2. The van der Waals surface area contributed by atoms with Crippen molar-refractivity contribution in [2.24, 2.45) is 5.92 Å². The van der Waals surface area contributed by atoms with Gasteiger partial charge in [0.05, 0.1) is 25.5 Å². The number of rotatable bonds is 13. The molecule has 3 saturated heterocycles. The summed E-state index contributed by atoms with van der Waals surface area (Å²) >= 11 is 0. The number of benzene rings is 4. The van der Waals surface area contributed by atoms with Gasteiger partial charge in [0.25, 0.3) is 0 Å². The predicted molar refractivity (Wildman–Crippen MR) is 209 cm³/mol. The van der Waals surface area contributed by atoms with Crippen molar-refractivity contribution < 1.29 is 34.1 Å². The Morgan fingerprint density at radius 3 is 2.31 bits per heavy atom. The van der Waals surface area contributed by atoms with Crippen LogP contribution in [0.2, 0.25) is 0 Å². The molecule has 11 nitrogen and oxygen atoms in total. The summed E-state index contributed by atoms with van der Waals surface area (Å²) in [5.41, 5.74) is 6.15. The molecular weight excluding hydrogens is 697 g/mol. The monoisotopic (exact) mass is 746 g/mol. The molecule has 3 aliphatic heterocycles. The second-order valence-electron chi connectivity index (χ2n) is 14.9. The van der Waals surface area contributed by atoms with Gasteiger partial charge in [0.15, 0.2) is 6.29 Å². The molecule has 0 saturated carbocycles. The summed E-state index contributed by atoms with van der Waals surface area (Å²) in [5, 5.41) is 24.6. The smallest absolute Gasteiger partial charge is 0.303 e.